The van der Waals surface area contributed by atoms with Gasteiger partial charge < -0.3 is 9.94 Å². The first-order chi connectivity index (χ1) is 11.6. The molecule has 1 aliphatic heterocycles. The van der Waals surface area contributed by atoms with E-state index in [2.05, 4.69) is 0 Å². The third-order valence-corrected chi connectivity index (χ3v) is 3.92. The lowest BCUT2D eigenvalue weighted by Gasteiger charge is -2.39. The summed E-state index contributed by atoms with van der Waals surface area (Å²) in [6.45, 7) is 0.138. The Morgan fingerprint density at radius 3 is 2.58 bits per heavy atom. The molecule has 0 fully saturated rings. The van der Waals surface area contributed by atoms with Crippen LogP contribution in [0.25, 0.3) is 0 Å². The Morgan fingerprint density at radius 1 is 1.31 bits per heavy atom. The fraction of sp³-hybridized carbons (Fsp3) is 0.267. The van der Waals surface area contributed by atoms with E-state index in [1.165, 1.54) is 18.2 Å². The molecule has 0 saturated heterocycles. The fourth-order valence-corrected chi connectivity index (χ4v) is 2.56. The van der Waals surface area contributed by atoms with Crippen molar-refractivity contribution in [2.75, 3.05) is 11.4 Å². The Morgan fingerprint density at radius 2 is 2.00 bits per heavy atom. The summed E-state index contributed by atoms with van der Waals surface area (Å²) in [4.78, 5) is 11.4. The Bertz CT molecular complexity index is 849. The number of non-ortho nitro benzene ring substituents is 1. The quantitative estimate of drug-likeness (QED) is 0.338. The summed E-state index contributed by atoms with van der Waals surface area (Å²) >= 11 is 0. The number of rotatable bonds is 2. The standard InChI is InChI=1S/C15H12F3N3O4.ClH/c1-14(15(16,17)18)9-19(13-4-2-3-7-20(13)22)11-8-10(21(23)24)5-6-12(11)25-14;/h2-8H,9H2,1H3;1H/t14-;/m0./s1. The van der Waals surface area contributed by atoms with Crippen LogP contribution in [0, 0.1) is 15.3 Å². The molecule has 1 aromatic carbocycles. The summed E-state index contributed by atoms with van der Waals surface area (Å²) in [5.74, 6) is -0.288. The zero-order chi connectivity index (χ0) is 18.4. The summed E-state index contributed by atoms with van der Waals surface area (Å²) in [7, 11) is 0. The third kappa shape index (κ3) is 3.19. The molecule has 1 aliphatic rings. The molecule has 2 aromatic rings. The number of ether oxygens (including phenoxy) is 1. The maximum Gasteiger partial charge on any atom is 0.431 e. The number of aromatic nitrogens is 1. The van der Waals surface area contributed by atoms with Crippen LogP contribution in [0.4, 0.5) is 30.4 Å². The predicted molar refractivity (Wildman–Crippen MR) is 87.8 cm³/mol. The molecule has 3 rings (SSSR count). The van der Waals surface area contributed by atoms with Crippen LogP contribution in [0.2, 0.25) is 0 Å². The minimum absolute atomic E-state index is 0. The Kier molecular flexibility index (Phi) is 4.91. The summed E-state index contributed by atoms with van der Waals surface area (Å²) in [6.07, 6.45) is -3.58. The average Bonchev–Trinajstić information content (AvgIpc) is 2.53. The van der Waals surface area contributed by atoms with Gasteiger partial charge in [-0.3, -0.25) is 10.1 Å². The lowest BCUT2D eigenvalue weighted by Crippen LogP contribution is -2.58. The number of halogens is 4. The summed E-state index contributed by atoms with van der Waals surface area (Å²) in [6, 6.07) is 7.47. The third-order valence-electron chi connectivity index (χ3n) is 3.92. The van der Waals surface area contributed by atoms with E-state index in [1.54, 1.807) is 0 Å². The molecule has 11 heteroatoms. The molecule has 26 heavy (non-hydrogen) atoms. The minimum Gasteiger partial charge on any atom is -0.711 e. The predicted octanol–water partition coefficient (Wildman–Crippen LogP) is 3.50. The van der Waals surface area contributed by atoms with Gasteiger partial charge in [-0.25, -0.2) is 9.63 Å². The molecule has 0 saturated carbocycles. The minimum atomic E-state index is -4.72. The van der Waals surface area contributed by atoms with E-state index in [0.29, 0.717) is 4.73 Å². The summed E-state index contributed by atoms with van der Waals surface area (Å²) in [5.41, 5.74) is -2.89. The lowest BCUT2D eigenvalue weighted by atomic mass is 10.0. The monoisotopic (exact) mass is 391 g/mol. The number of nitro groups is 1. The summed E-state index contributed by atoms with van der Waals surface area (Å²) in [5, 5.41) is 23.0. The van der Waals surface area contributed by atoms with Crippen LogP contribution in [-0.4, -0.2) is 23.2 Å². The number of pyridine rings is 1. The highest BCUT2D eigenvalue weighted by atomic mass is 35.5. The number of hydrogen-bond acceptors (Lipinski definition) is 5. The van der Waals surface area contributed by atoms with Gasteiger partial charge >= 0.3 is 6.18 Å². The zero-order valence-corrected chi connectivity index (χ0v) is 14.1. The molecule has 7 nitrogen and oxygen atoms in total. The maximum atomic E-state index is 13.5. The molecule has 0 N–H and O–H groups in total. The number of hydrogen-bond donors (Lipinski definition) is 0. The second-order valence-corrected chi connectivity index (χ2v) is 5.71. The average molecular weight is 392 g/mol. The van der Waals surface area contributed by atoms with E-state index < -0.39 is 23.2 Å². The molecule has 2 heterocycles. The number of fused-ring (bicyclic) bond motifs is 1. The van der Waals surface area contributed by atoms with E-state index >= 15 is 0 Å². The van der Waals surface area contributed by atoms with E-state index in [9.17, 15) is 28.5 Å². The van der Waals surface area contributed by atoms with Crippen LogP contribution >= 0.6 is 12.4 Å². The zero-order valence-electron chi connectivity index (χ0n) is 13.3. The lowest BCUT2D eigenvalue weighted by molar-refractivity contribution is -0.592. The second kappa shape index (κ2) is 6.52. The normalized spacial score (nSPS) is 19.2. The van der Waals surface area contributed by atoms with Crippen LogP contribution in [0.1, 0.15) is 6.92 Å². The molecule has 0 unspecified atom stereocenters. The first-order valence-electron chi connectivity index (χ1n) is 7.12. The SMILES string of the molecule is C[C@@]1(C(F)(F)F)CN(c2cccc[n+]2[O-])c2cc([N+](=O)[O-])ccc2O1.Cl. The van der Waals surface area contributed by atoms with Gasteiger partial charge in [0, 0.05) is 12.1 Å². The Balaban J connectivity index is 0.00000243. The van der Waals surface area contributed by atoms with Crippen LogP contribution < -0.4 is 14.4 Å². The van der Waals surface area contributed by atoms with Gasteiger partial charge in [-0.05, 0) is 19.1 Å². The Labute approximate surface area is 151 Å². The second-order valence-electron chi connectivity index (χ2n) is 5.71. The van der Waals surface area contributed by atoms with Crippen molar-refractivity contribution >= 4 is 29.6 Å². The van der Waals surface area contributed by atoms with Crippen molar-refractivity contribution < 1.29 is 27.6 Å². The van der Waals surface area contributed by atoms with Crippen molar-refractivity contribution in [3.8, 4) is 5.75 Å². The number of nitrogens with zero attached hydrogens (tertiary/aromatic N) is 3. The topological polar surface area (TPSA) is 82.5 Å². The van der Waals surface area contributed by atoms with E-state index in [4.69, 9.17) is 4.74 Å². The molecular weight excluding hydrogens is 379 g/mol. The molecule has 0 radical (unpaired) electrons. The Hall–Kier alpha value is -2.75. The smallest absolute Gasteiger partial charge is 0.431 e. The van der Waals surface area contributed by atoms with Gasteiger partial charge in [0.15, 0.2) is 11.4 Å². The number of benzene rings is 1. The molecule has 0 amide bonds. The molecule has 1 aromatic heterocycles. The van der Waals surface area contributed by atoms with Crippen molar-refractivity contribution in [1.82, 2.24) is 0 Å². The van der Waals surface area contributed by atoms with Crippen molar-refractivity contribution in [3.05, 3.63) is 57.9 Å². The van der Waals surface area contributed by atoms with Gasteiger partial charge in [0.05, 0.1) is 17.2 Å². The van der Waals surface area contributed by atoms with Crippen LogP contribution in [0.15, 0.2) is 42.6 Å². The number of nitro benzene ring substituents is 1. The van der Waals surface area contributed by atoms with E-state index in [-0.39, 0.29) is 35.3 Å². The number of anilines is 2. The number of alkyl halides is 3. The van der Waals surface area contributed by atoms with Crippen molar-refractivity contribution in [3.63, 3.8) is 0 Å². The van der Waals surface area contributed by atoms with Crippen molar-refractivity contribution in [1.29, 1.82) is 0 Å². The largest absolute Gasteiger partial charge is 0.711 e. The van der Waals surface area contributed by atoms with Gasteiger partial charge in [-0.15, -0.1) is 12.4 Å². The van der Waals surface area contributed by atoms with Crippen molar-refractivity contribution in [2.24, 2.45) is 0 Å². The van der Waals surface area contributed by atoms with Crippen LogP contribution in [-0.2, 0) is 0 Å². The van der Waals surface area contributed by atoms with E-state index in [1.807, 2.05) is 0 Å². The van der Waals surface area contributed by atoms with Gasteiger partial charge in [-0.1, -0.05) is 6.07 Å². The van der Waals surface area contributed by atoms with Gasteiger partial charge in [0.25, 0.3) is 11.5 Å². The molecule has 1 atom stereocenters. The van der Waals surface area contributed by atoms with Crippen LogP contribution in [0.3, 0.4) is 0 Å². The van der Waals surface area contributed by atoms with Gasteiger partial charge in [0.2, 0.25) is 5.60 Å². The molecule has 0 spiro atoms. The highest BCUT2D eigenvalue weighted by Crippen LogP contribution is 2.46. The highest BCUT2D eigenvalue weighted by Gasteiger charge is 2.59. The molecular formula is C15H13ClF3N3O4. The van der Waals surface area contributed by atoms with Gasteiger partial charge in [-0.2, -0.15) is 13.2 Å². The first kappa shape index (κ1) is 19.6. The molecule has 0 bridgehead atoms. The molecule has 140 valence electrons. The fourth-order valence-electron chi connectivity index (χ4n) is 2.56. The highest BCUT2D eigenvalue weighted by molar-refractivity contribution is 5.85. The van der Waals surface area contributed by atoms with E-state index in [0.717, 1.165) is 36.2 Å². The molecule has 0 aliphatic carbocycles. The maximum absolute atomic E-state index is 13.5. The van der Waals surface area contributed by atoms with Crippen molar-refractivity contribution in [2.45, 2.75) is 18.7 Å². The summed E-state index contributed by atoms with van der Waals surface area (Å²) < 4.78 is 45.9. The first-order valence-corrected chi connectivity index (χ1v) is 7.12. The van der Waals surface area contributed by atoms with Crippen LogP contribution in [0.5, 0.6) is 5.75 Å². The van der Waals surface area contributed by atoms with Gasteiger partial charge in [0.1, 0.15) is 6.54 Å².